The Kier molecular flexibility index (Phi) is 4.95. The van der Waals surface area contributed by atoms with Crippen molar-refractivity contribution in [2.24, 2.45) is 5.92 Å². The molecule has 134 valence electrons. The average molecular weight is 372 g/mol. The fourth-order valence-corrected chi connectivity index (χ4v) is 2.89. The smallest absolute Gasteiger partial charge is 0.328 e. The van der Waals surface area contributed by atoms with E-state index < -0.39 is 23.8 Å². The van der Waals surface area contributed by atoms with E-state index in [2.05, 4.69) is 10.6 Å². The molecule has 0 spiro atoms. The molecule has 1 saturated heterocycles. The average Bonchev–Trinajstić information content (AvgIpc) is 2.60. The highest BCUT2D eigenvalue weighted by molar-refractivity contribution is 6.32. The van der Waals surface area contributed by atoms with Crippen LogP contribution in [0.3, 0.4) is 0 Å². The van der Waals surface area contributed by atoms with Crippen LogP contribution in [0.25, 0.3) is 0 Å². The summed E-state index contributed by atoms with van der Waals surface area (Å²) in [5.74, 6) is -2.07. The summed E-state index contributed by atoms with van der Waals surface area (Å²) in [4.78, 5) is 38.6. The fraction of sp³-hybridized carbons (Fsp3) is 0.211. The van der Waals surface area contributed by atoms with Crippen LogP contribution in [0.2, 0.25) is 5.02 Å². The molecule has 7 heteroatoms. The monoisotopic (exact) mass is 371 g/mol. The second kappa shape index (κ2) is 7.17. The van der Waals surface area contributed by atoms with E-state index in [0.29, 0.717) is 22.0 Å². The Bertz CT molecular complexity index is 880. The maximum atomic E-state index is 12.8. The molecule has 2 aromatic rings. The first kappa shape index (κ1) is 17.9. The van der Waals surface area contributed by atoms with Gasteiger partial charge in [-0.15, -0.1) is 0 Å². The number of urea groups is 1. The van der Waals surface area contributed by atoms with Crippen molar-refractivity contribution in [1.82, 2.24) is 5.32 Å². The first-order chi connectivity index (χ1) is 12.4. The standard InChI is InChI=1S/C19H18ClN3O3/c1-11-6-8-13(9-7-11)23-18(25)14(10-21-19(23)26)17(24)22-16-5-3-4-15(20)12(16)2/h3-9,14H,10H2,1-2H3,(H,21,26)(H,22,24). The molecule has 1 fully saturated rings. The van der Waals surface area contributed by atoms with Crippen molar-refractivity contribution < 1.29 is 14.4 Å². The van der Waals surface area contributed by atoms with Crippen LogP contribution in [0.4, 0.5) is 16.2 Å². The number of nitrogens with one attached hydrogen (secondary N) is 2. The number of carbonyl (C=O) groups excluding carboxylic acids is 3. The minimum atomic E-state index is -1.02. The Balaban J connectivity index is 1.82. The predicted octanol–water partition coefficient (Wildman–Crippen LogP) is 3.27. The number of anilines is 2. The highest BCUT2D eigenvalue weighted by Gasteiger charge is 2.39. The molecule has 0 bridgehead atoms. The minimum absolute atomic E-state index is 0.0501. The van der Waals surface area contributed by atoms with Gasteiger partial charge < -0.3 is 10.6 Å². The van der Waals surface area contributed by atoms with Gasteiger partial charge in [0.05, 0.1) is 5.69 Å². The van der Waals surface area contributed by atoms with Crippen LogP contribution in [-0.4, -0.2) is 24.4 Å². The van der Waals surface area contributed by atoms with Crippen molar-refractivity contribution in [2.75, 3.05) is 16.8 Å². The topological polar surface area (TPSA) is 78.5 Å². The second-order valence-electron chi connectivity index (χ2n) is 6.15. The quantitative estimate of drug-likeness (QED) is 0.813. The third-order valence-electron chi connectivity index (χ3n) is 4.31. The normalized spacial score (nSPS) is 17.0. The first-order valence-corrected chi connectivity index (χ1v) is 8.50. The van der Waals surface area contributed by atoms with E-state index >= 15 is 0 Å². The molecule has 1 atom stereocenters. The molecule has 0 aliphatic carbocycles. The van der Waals surface area contributed by atoms with Gasteiger partial charge in [0, 0.05) is 17.3 Å². The Morgan fingerprint density at radius 1 is 1.15 bits per heavy atom. The second-order valence-corrected chi connectivity index (χ2v) is 6.56. The molecule has 1 aliphatic heterocycles. The van der Waals surface area contributed by atoms with E-state index in [-0.39, 0.29) is 6.54 Å². The van der Waals surface area contributed by atoms with E-state index in [0.717, 1.165) is 10.5 Å². The third-order valence-corrected chi connectivity index (χ3v) is 4.72. The summed E-state index contributed by atoms with van der Waals surface area (Å²) in [5.41, 5.74) is 2.68. The van der Waals surface area contributed by atoms with Gasteiger partial charge in [0.2, 0.25) is 11.8 Å². The summed E-state index contributed by atoms with van der Waals surface area (Å²) < 4.78 is 0. The van der Waals surface area contributed by atoms with Gasteiger partial charge in [0.1, 0.15) is 5.92 Å². The summed E-state index contributed by atoms with van der Waals surface area (Å²) in [6.45, 7) is 3.64. The molecule has 0 aromatic heterocycles. The molecule has 26 heavy (non-hydrogen) atoms. The third kappa shape index (κ3) is 3.41. The first-order valence-electron chi connectivity index (χ1n) is 8.13. The number of carbonyl (C=O) groups is 3. The molecule has 1 aliphatic rings. The summed E-state index contributed by atoms with van der Waals surface area (Å²) in [7, 11) is 0. The van der Waals surface area contributed by atoms with Gasteiger partial charge in [0.25, 0.3) is 0 Å². The van der Waals surface area contributed by atoms with Gasteiger partial charge in [-0.25, -0.2) is 9.69 Å². The zero-order valence-electron chi connectivity index (χ0n) is 14.4. The van der Waals surface area contributed by atoms with Crippen molar-refractivity contribution in [2.45, 2.75) is 13.8 Å². The summed E-state index contributed by atoms with van der Waals surface area (Å²) in [5, 5.41) is 5.84. The van der Waals surface area contributed by atoms with Crippen LogP contribution in [0.5, 0.6) is 0 Å². The molecule has 0 saturated carbocycles. The van der Waals surface area contributed by atoms with Gasteiger partial charge in [-0.1, -0.05) is 35.4 Å². The number of hydrogen-bond donors (Lipinski definition) is 2. The molecular weight excluding hydrogens is 354 g/mol. The number of imide groups is 1. The summed E-state index contributed by atoms with van der Waals surface area (Å²) >= 11 is 6.06. The van der Waals surface area contributed by atoms with Crippen LogP contribution in [0, 0.1) is 19.8 Å². The van der Waals surface area contributed by atoms with Crippen LogP contribution < -0.4 is 15.5 Å². The van der Waals surface area contributed by atoms with E-state index in [1.807, 2.05) is 6.92 Å². The highest BCUT2D eigenvalue weighted by atomic mass is 35.5. The van der Waals surface area contributed by atoms with Crippen molar-refractivity contribution in [1.29, 1.82) is 0 Å². The lowest BCUT2D eigenvalue weighted by atomic mass is 10.0. The van der Waals surface area contributed by atoms with Gasteiger partial charge >= 0.3 is 6.03 Å². The van der Waals surface area contributed by atoms with E-state index in [9.17, 15) is 14.4 Å². The van der Waals surface area contributed by atoms with Gasteiger partial charge in [0.15, 0.2) is 0 Å². The Morgan fingerprint density at radius 2 is 1.85 bits per heavy atom. The van der Waals surface area contributed by atoms with E-state index in [1.54, 1.807) is 49.4 Å². The minimum Gasteiger partial charge on any atom is -0.336 e. The van der Waals surface area contributed by atoms with Crippen molar-refractivity contribution in [3.05, 3.63) is 58.6 Å². The predicted molar refractivity (Wildman–Crippen MR) is 100 cm³/mol. The fourth-order valence-electron chi connectivity index (χ4n) is 2.72. The lowest BCUT2D eigenvalue weighted by Gasteiger charge is -2.30. The molecule has 6 nitrogen and oxygen atoms in total. The number of aryl methyl sites for hydroxylation is 1. The van der Waals surface area contributed by atoms with E-state index in [4.69, 9.17) is 11.6 Å². The van der Waals surface area contributed by atoms with Crippen molar-refractivity contribution >= 4 is 40.8 Å². The number of halogens is 1. The van der Waals surface area contributed by atoms with Crippen molar-refractivity contribution in [3.8, 4) is 0 Å². The SMILES string of the molecule is Cc1ccc(N2C(=O)NCC(C(=O)Nc3cccc(Cl)c3C)C2=O)cc1. The highest BCUT2D eigenvalue weighted by Crippen LogP contribution is 2.25. The molecular formula is C19H18ClN3O3. The lowest BCUT2D eigenvalue weighted by Crippen LogP contribution is -2.58. The van der Waals surface area contributed by atoms with Crippen LogP contribution in [0.1, 0.15) is 11.1 Å². The molecule has 0 radical (unpaired) electrons. The largest absolute Gasteiger partial charge is 0.336 e. The maximum absolute atomic E-state index is 12.8. The number of nitrogens with zero attached hydrogens (tertiary/aromatic N) is 1. The van der Waals surface area contributed by atoms with Crippen molar-refractivity contribution in [3.63, 3.8) is 0 Å². The number of rotatable bonds is 3. The van der Waals surface area contributed by atoms with Gasteiger partial charge in [-0.05, 0) is 43.7 Å². The summed E-state index contributed by atoms with van der Waals surface area (Å²) in [6.07, 6.45) is 0. The van der Waals surface area contributed by atoms with Crippen LogP contribution >= 0.6 is 11.6 Å². The van der Waals surface area contributed by atoms with E-state index in [1.165, 1.54) is 0 Å². The summed E-state index contributed by atoms with van der Waals surface area (Å²) in [6, 6.07) is 11.6. The zero-order valence-corrected chi connectivity index (χ0v) is 15.1. The number of hydrogen-bond acceptors (Lipinski definition) is 3. The number of benzene rings is 2. The van der Waals surface area contributed by atoms with Crippen LogP contribution in [-0.2, 0) is 9.59 Å². The molecule has 2 N–H and O–H groups in total. The van der Waals surface area contributed by atoms with Gasteiger partial charge in [-0.2, -0.15) is 0 Å². The molecule has 2 aromatic carbocycles. The molecule has 4 amide bonds. The molecule has 1 unspecified atom stereocenters. The van der Waals surface area contributed by atoms with Gasteiger partial charge in [-0.3, -0.25) is 9.59 Å². The lowest BCUT2D eigenvalue weighted by molar-refractivity contribution is -0.130. The Morgan fingerprint density at radius 3 is 2.54 bits per heavy atom. The Labute approximate surface area is 156 Å². The van der Waals surface area contributed by atoms with Crippen LogP contribution in [0.15, 0.2) is 42.5 Å². The number of amides is 4. The maximum Gasteiger partial charge on any atom is 0.328 e. The zero-order chi connectivity index (χ0) is 18.8. The Hall–Kier alpha value is -2.86. The molecule has 3 rings (SSSR count). The molecule has 1 heterocycles.